The van der Waals surface area contributed by atoms with Gasteiger partial charge in [-0.15, -0.1) is 0 Å². The molecule has 1 aliphatic rings. The van der Waals surface area contributed by atoms with Gasteiger partial charge in [0.15, 0.2) is 0 Å². The van der Waals surface area contributed by atoms with Crippen LogP contribution in [0.5, 0.6) is 0 Å². The van der Waals surface area contributed by atoms with Crippen LogP contribution in [0.4, 0.5) is 4.39 Å². The number of rotatable bonds is 1. The molecule has 3 heteroatoms. The first-order valence-electron chi connectivity index (χ1n) is 6.09. The summed E-state index contributed by atoms with van der Waals surface area (Å²) in [6.45, 7) is 2.13. The molecule has 2 nitrogen and oxygen atoms in total. The van der Waals surface area contributed by atoms with Gasteiger partial charge in [-0.25, -0.2) is 4.39 Å². The third kappa shape index (κ3) is 2.03. The average molecular weight is 230 g/mol. The highest BCUT2D eigenvalue weighted by atomic mass is 19.1. The Morgan fingerprint density at radius 1 is 1.18 bits per heavy atom. The van der Waals surface area contributed by atoms with Crippen LogP contribution in [0, 0.1) is 5.82 Å². The molecule has 0 aliphatic carbocycles. The quantitative estimate of drug-likeness (QED) is 0.814. The molecule has 1 aromatic heterocycles. The molecule has 3 rings (SSSR count). The Hall–Kier alpha value is -1.48. The first-order valence-corrected chi connectivity index (χ1v) is 6.09. The maximum absolute atomic E-state index is 13.2. The number of hydrogen-bond donors (Lipinski definition) is 1. The highest BCUT2D eigenvalue weighted by Gasteiger charge is 2.17. The van der Waals surface area contributed by atoms with E-state index in [0.717, 1.165) is 36.8 Å². The van der Waals surface area contributed by atoms with Crippen molar-refractivity contribution in [3.05, 3.63) is 41.8 Å². The van der Waals surface area contributed by atoms with Crippen molar-refractivity contribution in [1.82, 2.24) is 10.3 Å². The van der Waals surface area contributed by atoms with E-state index in [0.29, 0.717) is 5.92 Å². The van der Waals surface area contributed by atoms with Gasteiger partial charge >= 0.3 is 0 Å². The third-order valence-corrected chi connectivity index (χ3v) is 3.52. The molecule has 1 aromatic carbocycles. The molecular weight excluding hydrogens is 215 g/mol. The van der Waals surface area contributed by atoms with E-state index in [1.807, 2.05) is 6.07 Å². The summed E-state index contributed by atoms with van der Waals surface area (Å²) in [6, 6.07) is 6.97. The second-order valence-corrected chi connectivity index (χ2v) is 4.59. The molecule has 2 heterocycles. The van der Waals surface area contributed by atoms with Crippen molar-refractivity contribution in [2.24, 2.45) is 0 Å². The molecule has 1 aliphatic heterocycles. The highest BCUT2D eigenvalue weighted by Crippen LogP contribution is 2.30. The molecule has 0 spiro atoms. The van der Waals surface area contributed by atoms with Crippen LogP contribution in [0.1, 0.15) is 24.3 Å². The van der Waals surface area contributed by atoms with E-state index in [9.17, 15) is 4.39 Å². The lowest BCUT2D eigenvalue weighted by Crippen LogP contribution is -2.26. The fourth-order valence-electron chi connectivity index (χ4n) is 2.63. The number of benzene rings is 1. The number of fused-ring (bicyclic) bond motifs is 1. The lowest BCUT2D eigenvalue weighted by Gasteiger charge is -2.24. The Bertz CT molecular complexity index is 533. The van der Waals surface area contributed by atoms with Gasteiger partial charge in [-0.2, -0.15) is 0 Å². The zero-order valence-corrected chi connectivity index (χ0v) is 9.62. The van der Waals surface area contributed by atoms with Crippen molar-refractivity contribution in [3.8, 4) is 0 Å². The number of pyridine rings is 1. The minimum atomic E-state index is -0.215. The van der Waals surface area contributed by atoms with E-state index < -0.39 is 0 Å². The smallest absolute Gasteiger partial charge is 0.125 e. The van der Waals surface area contributed by atoms with Crippen molar-refractivity contribution >= 4 is 10.9 Å². The first-order chi connectivity index (χ1) is 8.34. The SMILES string of the molecule is Fc1ccc2c(C3CCNCC3)ccnc2c1. The Kier molecular flexibility index (Phi) is 2.77. The molecule has 0 amide bonds. The summed E-state index contributed by atoms with van der Waals surface area (Å²) in [4.78, 5) is 4.24. The predicted octanol–water partition coefficient (Wildman–Crippen LogP) is 2.84. The molecule has 0 unspecified atom stereocenters. The number of nitrogens with one attached hydrogen (secondary N) is 1. The van der Waals surface area contributed by atoms with Crippen molar-refractivity contribution in [1.29, 1.82) is 0 Å². The molecule has 1 N–H and O–H groups in total. The molecule has 1 saturated heterocycles. The Morgan fingerprint density at radius 3 is 2.82 bits per heavy atom. The van der Waals surface area contributed by atoms with Crippen molar-refractivity contribution in [2.75, 3.05) is 13.1 Å². The topological polar surface area (TPSA) is 24.9 Å². The van der Waals surface area contributed by atoms with Crippen LogP contribution in [0.3, 0.4) is 0 Å². The summed E-state index contributed by atoms with van der Waals surface area (Å²) in [5, 5.41) is 4.46. The molecule has 0 saturated carbocycles. The van der Waals surface area contributed by atoms with Crippen LogP contribution in [0.25, 0.3) is 10.9 Å². The zero-order chi connectivity index (χ0) is 11.7. The minimum absolute atomic E-state index is 0.215. The van der Waals surface area contributed by atoms with Gasteiger partial charge in [0.05, 0.1) is 5.52 Å². The molecule has 2 aromatic rings. The lowest BCUT2D eigenvalue weighted by molar-refractivity contribution is 0.462. The second kappa shape index (κ2) is 4.41. The van der Waals surface area contributed by atoms with Gasteiger partial charge in [0.25, 0.3) is 0 Å². The predicted molar refractivity (Wildman–Crippen MR) is 66.5 cm³/mol. The molecular formula is C14H15FN2. The van der Waals surface area contributed by atoms with E-state index in [2.05, 4.69) is 16.4 Å². The van der Waals surface area contributed by atoms with Gasteiger partial charge in [0.2, 0.25) is 0 Å². The van der Waals surface area contributed by atoms with E-state index in [1.54, 1.807) is 6.20 Å². The highest BCUT2D eigenvalue weighted by molar-refractivity contribution is 5.82. The first kappa shape index (κ1) is 10.7. The minimum Gasteiger partial charge on any atom is -0.317 e. The van der Waals surface area contributed by atoms with Crippen LogP contribution < -0.4 is 5.32 Å². The standard InChI is InChI=1S/C14H15FN2/c15-11-1-2-13-12(5-8-17-14(13)9-11)10-3-6-16-7-4-10/h1-2,5,8-10,16H,3-4,6-7H2. The van der Waals surface area contributed by atoms with E-state index in [4.69, 9.17) is 0 Å². The zero-order valence-electron chi connectivity index (χ0n) is 9.62. The van der Waals surface area contributed by atoms with E-state index in [1.165, 1.54) is 17.7 Å². The van der Waals surface area contributed by atoms with E-state index >= 15 is 0 Å². The largest absolute Gasteiger partial charge is 0.317 e. The second-order valence-electron chi connectivity index (χ2n) is 4.59. The lowest BCUT2D eigenvalue weighted by atomic mass is 9.88. The Morgan fingerprint density at radius 2 is 2.00 bits per heavy atom. The van der Waals surface area contributed by atoms with Crippen LogP contribution in [0.2, 0.25) is 0 Å². The number of halogens is 1. The van der Waals surface area contributed by atoms with Crippen LogP contribution in [-0.4, -0.2) is 18.1 Å². The number of piperidine rings is 1. The Labute approximate surface area is 99.9 Å². The summed E-state index contributed by atoms with van der Waals surface area (Å²) in [6.07, 6.45) is 4.09. The average Bonchev–Trinajstić information content (AvgIpc) is 2.39. The monoisotopic (exact) mass is 230 g/mol. The van der Waals surface area contributed by atoms with Gasteiger partial charge < -0.3 is 5.32 Å². The van der Waals surface area contributed by atoms with Gasteiger partial charge in [-0.05, 0) is 55.6 Å². The number of aromatic nitrogens is 1. The fourth-order valence-corrected chi connectivity index (χ4v) is 2.63. The van der Waals surface area contributed by atoms with Crippen LogP contribution in [-0.2, 0) is 0 Å². The van der Waals surface area contributed by atoms with E-state index in [-0.39, 0.29) is 5.82 Å². The summed E-state index contributed by atoms with van der Waals surface area (Å²) in [7, 11) is 0. The van der Waals surface area contributed by atoms with Crippen molar-refractivity contribution in [2.45, 2.75) is 18.8 Å². The summed E-state index contributed by atoms with van der Waals surface area (Å²) < 4.78 is 13.2. The number of hydrogen-bond acceptors (Lipinski definition) is 2. The number of nitrogens with zero attached hydrogens (tertiary/aromatic N) is 1. The van der Waals surface area contributed by atoms with Gasteiger partial charge in [0.1, 0.15) is 5.82 Å². The maximum atomic E-state index is 13.2. The maximum Gasteiger partial charge on any atom is 0.125 e. The normalized spacial score (nSPS) is 17.5. The Balaban J connectivity index is 2.09. The van der Waals surface area contributed by atoms with Crippen LogP contribution >= 0.6 is 0 Å². The van der Waals surface area contributed by atoms with Crippen molar-refractivity contribution in [3.63, 3.8) is 0 Å². The summed E-state index contributed by atoms with van der Waals surface area (Å²) in [5.74, 6) is 0.361. The third-order valence-electron chi connectivity index (χ3n) is 3.52. The molecule has 0 atom stereocenters. The molecule has 17 heavy (non-hydrogen) atoms. The van der Waals surface area contributed by atoms with Gasteiger partial charge in [-0.1, -0.05) is 0 Å². The van der Waals surface area contributed by atoms with Crippen LogP contribution in [0.15, 0.2) is 30.5 Å². The molecule has 0 bridgehead atoms. The van der Waals surface area contributed by atoms with Gasteiger partial charge in [0, 0.05) is 17.6 Å². The van der Waals surface area contributed by atoms with Crippen molar-refractivity contribution < 1.29 is 4.39 Å². The van der Waals surface area contributed by atoms with Gasteiger partial charge in [-0.3, -0.25) is 4.98 Å². The molecule has 1 fully saturated rings. The summed E-state index contributed by atoms with van der Waals surface area (Å²) in [5.41, 5.74) is 2.08. The molecule has 88 valence electrons. The molecule has 0 radical (unpaired) electrons. The fraction of sp³-hybridized carbons (Fsp3) is 0.357. The summed E-state index contributed by atoms with van der Waals surface area (Å²) >= 11 is 0.